The third-order valence-electron chi connectivity index (χ3n) is 2.74. The van der Waals surface area contributed by atoms with Crippen molar-refractivity contribution in [3.05, 3.63) is 24.3 Å². The van der Waals surface area contributed by atoms with Gasteiger partial charge in [0, 0.05) is 0 Å². The third kappa shape index (κ3) is 3.62. The molecule has 0 spiro atoms. The van der Waals surface area contributed by atoms with Crippen molar-refractivity contribution in [3.8, 4) is 5.75 Å². The minimum absolute atomic E-state index is 0.0402. The van der Waals surface area contributed by atoms with E-state index in [1.165, 1.54) is 31.4 Å². The zero-order valence-corrected chi connectivity index (χ0v) is 11.0. The second-order valence-corrected chi connectivity index (χ2v) is 4.28. The molecular weight excluding hydrogens is 320 g/mol. The highest BCUT2D eigenvalue weighted by Gasteiger charge is 2.71. The van der Waals surface area contributed by atoms with Gasteiger partial charge in [0.05, 0.1) is 19.2 Å². The summed E-state index contributed by atoms with van der Waals surface area (Å²) < 4.78 is 79.6. The van der Waals surface area contributed by atoms with Crippen molar-refractivity contribution in [2.24, 2.45) is 0 Å². The second kappa shape index (κ2) is 6.03. The molecule has 1 amide bonds. The Bertz CT molecular complexity index is 526. The molecule has 0 fully saturated rings. The van der Waals surface area contributed by atoms with E-state index in [1.54, 1.807) is 0 Å². The lowest BCUT2D eigenvalue weighted by molar-refractivity contribution is -0.366. The van der Waals surface area contributed by atoms with Gasteiger partial charge < -0.3 is 15.2 Å². The van der Waals surface area contributed by atoms with Gasteiger partial charge in [-0.3, -0.25) is 4.79 Å². The summed E-state index contributed by atoms with van der Waals surface area (Å²) in [7, 11) is 1.20. The highest BCUT2D eigenvalue weighted by atomic mass is 19.4. The molecule has 0 aromatic heterocycles. The van der Waals surface area contributed by atoms with Gasteiger partial charge in [0.25, 0.3) is 5.60 Å². The Balaban J connectivity index is 2.99. The summed E-state index contributed by atoms with van der Waals surface area (Å²) in [5.74, 6) is -1.62. The van der Waals surface area contributed by atoms with Crippen LogP contribution in [0, 0.1) is 0 Å². The number of aliphatic hydroxyl groups is 1. The van der Waals surface area contributed by atoms with Crippen molar-refractivity contribution in [2.75, 3.05) is 12.4 Å². The first-order valence-corrected chi connectivity index (χ1v) is 5.71. The number of carbonyl (C=O) groups excluding carboxylic acids is 1. The van der Waals surface area contributed by atoms with Crippen LogP contribution in [0.2, 0.25) is 0 Å². The number of methoxy groups -OCH3 is 1. The van der Waals surface area contributed by atoms with Gasteiger partial charge in [-0.05, 0) is 12.1 Å². The number of ether oxygens (including phenoxy) is 1. The van der Waals surface area contributed by atoms with Crippen molar-refractivity contribution in [2.45, 2.75) is 24.4 Å². The number of anilines is 1. The molecule has 4 nitrogen and oxygen atoms in total. The zero-order chi connectivity index (χ0) is 17.2. The van der Waals surface area contributed by atoms with E-state index in [0.717, 1.165) is 0 Å². The van der Waals surface area contributed by atoms with Gasteiger partial charge >= 0.3 is 12.4 Å². The van der Waals surface area contributed by atoms with E-state index >= 15 is 0 Å². The minimum atomic E-state index is -6.05. The number of rotatable bonds is 4. The van der Waals surface area contributed by atoms with Crippen LogP contribution in [0.1, 0.15) is 6.42 Å². The fourth-order valence-electron chi connectivity index (χ4n) is 1.54. The first kappa shape index (κ1) is 18.1. The van der Waals surface area contributed by atoms with Crippen LogP contribution in [0.5, 0.6) is 5.75 Å². The molecule has 1 aromatic carbocycles. The van der Waals surface area contributed by atoms with Crippen molar-refractivity contribution in [1.29, 1.82) is 0 Å². The van der Waals surface area contributed by atoms with Crippen LogP contribution in [0.3, 0.4) is 0 Å². The van der Waals surface area contributed by atoms with E-state index in [0.29, 0.717) is 0 Å². The van der Waals surface area contributed by atoms with Gasteiger partial charge in [-0.1, -0.05) is 12.1 Å². The molecule has 22 heavy (non-hydrogen) atoms. The lowest BCUT2D eigenvalue weighted by atomic mass is 9.97. The summed E-state index contributed by atoms with van der Waals surface area (Å²) in [6, 6.07) is 5.43. The Morgan fingerprint density at radius 2 is 1.64 bits per heavy atom. The van der Waals surface area contributed by atoms with Gasteiger partial charge in [-0.2, -0.15) is 26.3 Å². The first-order chi connectivity index (χ1) is 9.92. The van der Waals surface area contributed by atoms with Gasteiger partial charge in [-0.15, -0.1) is 0 Å². The smallest absolute Gasteiger partial charge is 0.426 e. The summed E-state index contributed by atoms with van der Waals surface area (Å²) in [5.41, 5.74) is -5.26. The molecule has 0 radical (unpaired) electrons. The lowest BCUT2D eigenvalue weighted by Crippen LogP contribution is -2.58. The highest BCUT2D eigenvalue weighted by Crippen LogP contribution is 2.45. The molecule has 1 aromatic rings. The van der Waals surface area contributed by atoms with E-state index in [1.807, 2.05) is 5.32 Å². The SMILES string of the molecule is COc1ccccc1NC(=O)CC(O)(C(F)(F)F)C(F)(F)F. The number of halogens is 6. The minimum Gasteiger partial charge on any atom is -0.495 e. The lowest BCUT2D eigenvalue weighted by Gasteiger charge is -2.31. The van der Waals surface area contributed by atoms with Crippen molar-refractivity contribution < 1.29 is 41.0 Å². The molecule has 124 valence electrons. The summed E-state index contributed by atoms with van der Waals surface area (Å²) in [6.07, 6.45) is -14.3. The van der Waals surface area contributed by atoms with Crippen LogP contribution in [-0.2, 0) is 4.79 Å². The van der Waals surface area contributed by atoms with Gasteiger partial charge in [0.1, 0.15) is 5.75 Å². The largest absolute Gasteiger partial charge is 0.495 e. The quantitative estimate of drug-likeness (QED) is 0.834. The zero-order valence-electron chi connectivity index (χ0n) is 11.0. The molecule has 0 atom stereocenters. The highest BCUT2D eigenvalue weighted by molar-refractivity contribution is 5.93. The van der Waals surface area contributed by atoms with Gasteiger partial charge in [-0.25, -0.2) is 0 Å². The van der Waals surface area contributed by atoms with E-state index in [-0.39, 0.29) is 11.4 Å². The van der Waals surface area contributed by atoms with Crippen LogP contribution in [0.15, 0.2) is 24.3 Å². The van der Waals surface area contributed by atoms with E-state index in [4.69, 9.17) is 9.84 Å². The average Bonchev–Trinajstić information content (AvgIpc) is 2.36. The summed E-state index contributed by atoms with van der Waals surface area (Å²) in [6.45, 7) is 0. The van der Waals surface area contributed by atoms with Crippen LogP contribution in [0.4, 0.5) is 32.0 Å². The second-order valence-electron chi connectivity index (χ2n) is 4.28. The predicted molar refractivity (Wildman–Crippen MR) is 63.3 cm³/mol. The third-order valence-corrected chi connectivity index (χ3v) is 2.74. The number of nitrogens with one attached hydrogen (secondary N) is 1. The van der Waals surface area contributed by atoms with Crippen LogP contribution in [-0.4, -0.2) is 36.1 Å². The predicted octanol–water partition coefficient (Wildman–Crippen LogP) is 2.88. The van der Waals surface area contributed by atoms with E-state index < -0.39 is 30.3 Å². The van der Waals surface area contributed by atoms with Gasteiger partial charge in [0.15, 0.2) is 0 Å². The van der Waals surface area contributed by atoms with Crippen molar-refractivity contribution in [3.63, 3.8) is 0 Å². The van der Waals surface area contributed by atoms with E-state index in [2.05, 4.69) is 0 Å². The number of hydrogen-bond acceptors (Lipinski definition) is 3. The Morgan fingerprint density at radius 3 is 2.09 bits per heavy atom. The maximum absolute atomic E-state index is 12.5. The molecule has 1 rings (SSSR count). The van der Waals surface area contributed by atoms with Crippen LogP contribution >= 0.6 is 0 Å². The molecule has 0 saturated carbocycles. The fourth-order valence-corrected chi connectivity index (χ4v) is 1.54. The molecule has 0 bridgehead atoms. The number of para-hydroxylation sites is 2. The normalized spacial score (nSPS) is 12.9. The number of amides is 1. The molecule has 0 unspecified atom stereocenters. The number of carbonyl (C=O) groups is 1. The molecule has 0 saturated heterocycles. The average molecular weight is 331 g/mol. The maximum atomic E-state index is 12.5. The molecule has 0 aliphatic carbocycles. The molecular formula is C12H11F6NO3. The van der Waals surface area contributed by atoms with Crippen molar-refractivity contribution in [1.82, 2.24) is 0 Å². The summed E-state index contributed by atoms with van der Waals surface area (Å²) in [4.78, 5) is 11.5. The monoisotopic (exact) mass is 331 g/mol. The Morgan fingerprint density at radius 1 is 1.14 bits per heavy atom. The molecule has 0 aliphatic heterocycles. The molecule has 2 N–H and O–H groups in total. The Kier molecular flexibility index (Phi) is 4.96. The van der Waals surface area contributed by atoms with Crippen molar-refractivity contribution >= 4 is 11.6 Å². The number of hydrogen-bond donors (Lipinski definition) is 2. The first-order valence-electron chi connectivity index (χ1n) is 5.71. The number of benzene rings is 1. The fraction of sp³-hybridized carbons (Fsp3) is 0.417. The van der Waals surface area contributed by atoms with Crippen LogP contribution < -0.4 is 10.1 Å². The summed E-state index contributed by atoms with van der Waals surface area (Å²) >= 11 is 0. The maximum Gasteiger partial charge on any atom is 0.426 e. The standard InChI is InChI=1S/C12H11F6NO3/c1-22-8-5-3-2-4-7(8)19-9(20)6-10(21,11(13,14)15)12(16,17)18/h2-5,21H,6H2,1H3,(H,19,20). The topological polar surface area (TPSA) is 58.6 Å². The van der Waals surface area contributed by atoms with E-state index in [9.17, 15) is 31.1 Å². The number of alkyl halides is 6. The molecule has 10 heteroatoms. The van der Waals surface area contributed by atoms with Crippen LogP contribution in [0.25, 0.3) is 0 Å². The Hall–Kier alpha value is -1.97. The Labute approximate surface area is 120 Å². The molecule has 0 aliphatic rings. The molecule has 0 heterocycles. The summed E-state index contributed by atoms with van der Waals surface area (Å²) in [5, 5.41) is 10.8. The van der Waals surface area contributed by atoms with Gasteiger partial charge in [0.2, 0.25) is 5.91 Å².